The summed E-state index contributed by atoms with van der Waals surface area (Å²) in [6.45, 7) is 10.1. The van der Waals surface area contributed by atoms with Gasteiger partial charge in [-0.15, -0.1) is 12.6 Å². The van der Waals surface area contributed by atoms with E-state index in [1.807, 2.05) is 48.6 Å². The highest BCUT2D eigenvalue weighted by Crippen LogP contribution is 2.15. The fraction of sp³-hybridized carbons (Fsp3) is 0.320. The number of likely N-dealkylation sites (N-methyl/N-ethyl adjacent to an activating group) is 1. The number of rotatable bonds is 11. The van der Waals surface area contributed by atoms with Gasteiger partial charge in [0.1, 0.15) is 12.4 Å². The number of allylic oxidation sites excluding steroid dienone is 2. The van der Waals surface area contributed by atoms with Crippen LogP contribution in [0, 0.1) is 0 Å². The minimum atomic E-state index is -3.11. The molecule has 0 saturated carbocycles. The Morgan fingerprint density at radius 2 is 1.47 bits per heavy atom. The third-order valence-corrected chi connectivity index (χ3v) is 4.67. The maximum Gasteiger partial charge on any atom is 0.425 e. The molecule has 2 rings (SSSR count). The molecule has 0 spiro atoms. The van der Waals surface area contributed by atoms with Crippen LogP contribution in [-0.4, -0.2) is 49.6 Å². The van der Waals surface area contributed by atoms with Crippen molar-refractivity contribution < 1.29 is 22.2 Å². The number of hydrogen-bond donors (Lipinski definition) is 0. The van der Waals surface area contributed by atoms with E-state index in [1.165, 1.54) is 5.56 Å². The van der Waals surface area contributed by atoms with Crippen LogP contribution in [0.3, 0.4) is 0 Å². The zero-order chi connectivity index (χ0) is 23.8. The second-order valence-electron chi connectivity index (χ2n) is 6.82. The first-order valence-electron chi connectivity index (χ1n) is 10.6. The van der Waals surface area contributed by atoms with Gasteiger partial charge in [-0.25, -0.2) is 0 Å². The van der Waals surface area contributed by atoms with Gasteiger partial charge >= 0.3 is 10.6 Å². The zero-order valence-corrected chi connectivity index (χ0v) is 19.7. The molecule has 0 aromatic heterocycles. The Bertz CT molecular complexity index is 1000. The Hall–Kier alpha value is -3.03. The molecule has 0 N–H and O–H groups in total. The van der Waals surface area contributed by atoms with Crippen molar-refractivity contribution in [2.45, 2.75) is 27.2 Å². The Labute approximate surface area is 192 Å². The predicted octanol–water partition coefficient (Wildman–Crippen LogP) is 4.26. The van der Waals surface area contributed by atoms with E-state index in [1.54, 1.807) is 12.2 Å². The van der Waals surface area contributed by atoms with E-state index < -0.39 is 10.6 Å². The number of carbonyl (C=O) groups excluding carboxylic acids is 1. The van der Waals surface area contributed by atoms with Gasteiger partial charge in [0.15, 0.2) is 5.78 Å². The lowest BCUT2D eigenvalue weighted by atomic mass is 10.1. The molecule has 172 valence electrons. The molecular weight excluding hydrogens is 426 g/mol. The molecule has 6 nitrogen and oxygen atoms in total. The molecule has 2 aromatic carbocycles. The van der Waals surface area contributed by atoms with Crippen molar-refractivity contribution in [1.82, 2.24) is 4.90 Å². The van der Waals surface area contributed by atoms with Crippen LogP contribution >= 0.6 is 0 Å². The number of benzene rings is 2. The molecule has 0 atom stereocenters. The third-order valence-electron chi connectivity index (χ3n) is 4.67. The topological polar surface area (TPSA) is 80.8 Å². The Morgan fingerprint density at radius 3 is 2.03 bits per heavy atom. The molecule has 0 heterocycles. The van der Waals surface area contributed by atoms with Gasteiger partial charge in [-0.2, -0.15) is 0 Å². The summed E-state index contributed by atoms with van der Waals surface area (Å²) < 4.78 is 31.2. The van der Waals surface area contributed by atoms with Crippen LogP contribution in [0.5, 0.6) is 5.75 Å². The predicted molar refractivity (Wildman–Crippen MR) is 128 cm³/mol. The van der Waals surface area contributed by atoms with E-state index in [2.05, 4.69) is 37.8 Å². The van der Waals surface area contributed by atoms with Crippen molar-refractivity contribution in [3.8, 4) is 5.75 Å². The van der Waals surface area contributed by atoms with Gasteiger partial charge in [0.2, 0.25) is 0 Å². The summed E-state index contributed by atoms with van der Waals surface area (Å²) in [5.74, 6) is 0.795. The van der Waals surface area contributed by atoms with Gasteiger partial charge in [0, 0.05) is 6.54 Å². The van der Waals surface area contributed by atoms with Crippen molar-refractivity contribution in [3.05, 3.63) is 77.4 Å². The van der Waals surface area contributed by atoms with Crippen molar-refractivity contribution >= 4 is 28.5 Å². The van der Waals surface area contributed by atoms with E-state index in [0.717, 1.165) is 42.9 Å². The van der Waals surface area contributed by atoms with E-state index >= 15 is 0 Å². The molecular formula is C25H31NO5S. The van der Waals surface area contributed by atoms with E-state index in [4.69, 9.17) is 17.4 Å². The summed E-state index contributed by atoms with van der Waals surface area (Å²) in [4.78, 5) is 14.5. The monoisotopic (exact) mass is 457 g/mol. The van der Waals surface area contributed by atoms with Gasteiger partial charge in [-0.1, -0.05) is 69.3 Å². The molecule has 0 aliphatic heterocycles. The normalized spacial score (nSPS) is 10.9. The molecule has 0 fully saturated rings. The summed E-state index contributed by atoms with van der Waals surface area (Å²) in [6.07, 6.45) is 7.87. The van der Waals surface area contributed by atoms with E-state index in [0.29, 0.717) is 6.61 Å². The van der Waals surface area contributed by atoms with Crippen LogP contribution in [0.15, 0.2) is 60.7 Å². The van der Waals surface area contributed by atoms with Crippen LogP contribution in [0.4, 0.5) is 0 Å². The van der Waals surface area contributed by atoms with Crippen LogP contribution in [0.1, 0.15) is 37.5 Å². The number of carbonyl (C=O) groups is 1. The van der Waals surface area contributed by atoms with Crippen LogP contribution in [-0.2, 0) is 21.8 Å². The standard InChI is InChI=1S/C25H31NO2.O3S/c1-4-21-9-7-10-22(19-21)13-15-24(27)16-14-23-11-8-12-25(20-23)28-18-17-26(5-2)6-3;1-4(2)3/h7-16,19-20H,4-6,17-18H2,1-3H3;/b15-13+,16-14+;. The van der Waals surface area contributed by atoms with E-state index in [-0.39, 0.29) is 5.78 Å². The van der Waals surface area contributed by atoms with Crippen molar-refractivity contribution in [2.24, 2.45) is 0 Å². The first-order valence-corrected chi connectivity index (χ1v) is 11.6. The number of ether oxygens (including phenoxy) is 1. The summed E-state index contributed by atoms with van der Waals surface area (Å²) in [5, 5.41) is 0. The second-order valence-corrected chi connectivity index (χ2v) is 7.23. The first-order chi connectivity index (χ1) is 15.4. The van der Waals surface area contributed by atoms with Gasteiger partial charge in [-0.3, -0.25) is 4.79 Å². The third kappa shape index (κ3) is 12.0. The van der Waals surface area contributed by atoms with Crippen LogP contribution < -0.4 is 4.74 Å². The summed E-state index contributed by atoms with van der Waals surface area (Å²) in [7, 11) is -3.11. The lowest BCUT2D eigenvalue weighted by Crippen LogP contribution is -2.27. The lowest BCUT2D eigenvalue weighted by Gasteiger charge is -2.18. The Morgan fingerprint density at radius 1 is 0.906 bits per heavy atom. The van der Waals surface area contributed by atoms with E-state index in [9.17, 15) is 4.79 Å². The average Bonchev–Trinajstić information content (AvgIpc) is 2.79. The molecule has 0 aliphatic carbocycles. The Balaban J connectivity index is 0.00000118. The van der Waals surface area contributed by atoms with Gasteiger partial charge < -0.3 is 9.64 Å². The maximum absolute atomic E-state index is 12.1. The molecule has 0 saturated heterocycles. The number of aryl methyl sites for hydroxylation is 1. The highest BCUT2D eigenvalue weighted by molar-refractivity contribution is 7.59. The number of nitrogens with zero attached hydrogens (tertiary/aromatic N) is 1. The highest BCUT2D eigenvalue weighted by atomic mass is 32.2. The van der Waals surface area contributed by atoms with Gasteiger partial charge in [0.25, 0.3) is 0 Å². The van der Waals surface area contributed by atoms with Crippen LogP contribution in [0.25, 0.3) is 12.2 Å². The molecule has 7 heteroatoms. The fourth-order valence-electron chi connectivity index (χ4n) is 2.87. The van der Waals surface area contributed by atoms with Gasteiger partial charge in [-0.05, 0) is 60.5 Å². The molecule has 0 bridgehead atoms. The quantitative estimate of drug-likeness (QED) is 0.469. The van der Waals surface area contributed by atoms with Crippen molar-refractivity contribution in [3.63, 3.8) is 0 Å². The van der Waals surface area contributed by atoms with Gasteiger partial charge in [0.05, 0.1) is 0 Å². The molecule has 0 aliphatic rings. The highest BCUT2D eigenvalue weighted by Gasteiger charge is 2.00. The molecule has 2 aromatic rings. The second kappa shape index (κ2) is 15.7. The smallest absolute Gasteiger partial charge is 0.425 e. The molecule has 32 heavy (non-hydrogen) atoms. The number of hydrogen-bond acceptors (Lipinski definition) is 6. The minimum absolute atomic E-state index is 0.0326. The summed E-state index contributed by atoms with van der Waals surface area (Å²) >= 11 is 0. The van der Waals surface area contributed by atoms with Crippen molar-refractivity contribution in [2.75, 3.05) is 26.2 Å². The molecule has 0 unspecified atom stereocenters. The maximum atomic E-state index is 12.1. The zero-order valence-electron chi connectivity index (χ0n) is 18.9. The summed E-state index contributed by atoms with van der Waals surface area (Å²) in [5.41, 5.74) is 3.27. The minimum Gasteiger partial charge on any atom is -0.492 e. The lowest BCUT2D eigenvalue weighted by molar-refractivity contribution is -0.110. The summed E-state index contributed by atoms with van der Waals surface area (Å²) in [6, 6.07) is 16.0. The fourth-order valence-corrected chi connectivity index (χ4v) is 2.87. The largest absolute Gasteiger partial charge is 0.492 e. The van der Waals surface area contributed by atoms with Crippen molar-refractivity contribution in [1.29, 1.82) is 0 Å². The van der Waals surface area contributed by atoms with Crippen LogP contribution in [0.2, 0.25) is 0 Å². The average molecular weight is 458 g/mol. The molecule has 0 amide bonds. The molecule has 0 radical (unpaired) electrons. The SMILES string of the molecule is CCc1cccc(/C=C/C(=O)/C=C/c2cccc(OCCN(CC)CC)c2)c1.O=S(=O)=O. The number of ketones is 1. The Kier molecular flexibility index (Phi) is 13.3. The first kappa shape index (κ1) is 27.0.